The largest absolute Gasteiger partial charge is 0.354 e. The van der Waals surface area contributed by atoms with Gasteiger partial charge in [-0.15, -0.1) is 24.2 Å². The molecular weight excluding hydrogens is 336 g/mol. The second kappa shape index (κ2) is 8.04. The number of hydrogen-bond donors (Lipinski definition) is 2. The molecule has 18 heavy (non-hydrogen) atoms. The lowest BCUT2D eigenvalue weighted by Crippen LogP contribution is -2.39. The molecule has 3 N–H and O–H groups in total. The Labute approximate surface area is 127 Å². The molecule has 1 amide bonds. The fourth-order valence-electron chi connectivity index (χ4n) is 1.24. The van der Waals surface area contributed by atoms with E-state index in [2.05, 4.69) is 47.2 Å². The lowest BCUT2D eigenvalue weighted by Gasteiger charge is -2.24. The Morgan fingerprint density at radius 3 is 2.44 bits per heavy atom. The lowest BCUT2D eigenvalue weighted by molar-refractivity contribution is -0.119. The summed E-state index contributed by atoms with van der Waals surface area (Å²) in [4.78, 5) is 12.3. The zero-order chi connectivity index (χ0) is 12.9. The molecule has 0 fully saturated rings. The summed E-state index contributed by atoms with van der Waals surface area (Å²) < 4.78 is 1.01. The third-order valence-corrected chi connectivity index (χ3v) is 3.84. The minimum atomic E-state index is -0.116. The van der Waals surface area contributed by atoms with Crippen molar-refractivity contribution < 1.29 is 4.79 Å². The SMILES string of the molecule is CC(C)(CNC(=O)CN)Sc1ccc(Br)cc1.Cl. The third kappa shape index (κ3) is 6.64. The molecule has 0 aromatic heterocycles. The first-order valence-corrected chi connectivity index (χ1v) is 6.95. The maximum absolute atomic E-state index is 11.1. The monoisotopic (exact) mass is 352 g/mol. The van der Waals surface area contributed by atoms with Crippen LogP contribution in [-0.4, -0.2) is 23.7 Å². The highest BCUT2D eigenvalue weighted by Crippen LogP contribution is 2.32. The van der Waals surface area contributed by atoms with Gasteiger partial charge in [-0.05, 0) is 38.1 Å². The smallest absolute Gasteiger partial charge is 0.233 e. The fraction of sp³-hybridized carbons (Fsp3) is 0.417. The van der Waals surface area contributed by atoms with E-state index in [-0.39, 0.29) is 29.6 Å². The van der Waals surface area contributed by atoms with Gasteiger partial charge in [-0.3, -0.25) is 4.79 Å². The van der Waals surface area contributed by atoms with Crippen molar-refractivity contribution >= 4 is 46.0 Å². The first-order valence-electron chi connectivity index (χ1n) is 5.34. The molecule has 0 aliphatic rings. The van der Waals surface area contributed by atoms with E-state index in [4.69, 9.17) is 5.73 Å². The molecule has 0 saturated carbocycles. The van der Waals surface area contributed by atoms with E-state index in [1.165, 1.54) is 4.90 Å². The van der Waals surface area contributed by atoms with E-state index in [9.17, 15) is 4.79 Å². The Bertz CT molecular complexity index is 384. The number of carbonyl (C=O) groups excluding carboxylic acids is 1. The summed E-state index contributed by atoms with van der Waals surface area (Å²) in [5.74, 6) is -0.116. The molecule has 6 heteroatoms. The van der Waals surface area contributed by atoms with Crippen LogP contribution in [0, 0.1) is 0 Å². The minimum Gasteiger partial charge on any atom is -0.354 e. The maximum atomic E-state index is 11.1. The highest BCUT2D eigenvalue weighted by atomic mass is 79.9. The number of benzene rings is 1. The average Bonchev–Trinajstić information content (AvgIpc) is 2.29. The van der Waals surface area contributed by atoms with Crippen LogP contribution in [-0.2, 0) is 4.79 Å². The normalized spacial score (nSPS) is 10.7. The lowest BCUT2D eigenvalue weighted by atomic mass is 10.2. The summed E-state index contributed by atoms with van der Waals surface area (Å²) in [7, 11) is 0. The Morgan fingerprint density at radius 2 is 1.94 bits per heavy atom. The zero-order valence-electron chi connectivity index (χ0n) is 10.4. The summed E-state index contributed by atoms with van der Waals surface area (Å²) in [5.41, 5.74) is 5.25. The van der Waals surface area contributed by atoms with Gasteiger partial charge in [0.05, 0.1) is 6.54 Å². The number of amides is 1. The molecule has 0 saturated heterocycles. The maximum Gasteiger partial charge on any atom is 0.233 e. The standard InChI is InChI=1S/C12H17BrN2OS.ClH/c1-12(2,8-15-11(16)7-14)17-10-5-3-9(13)4-6-10;/h3-6H,7-8,14H2,1-2H3,(H,15,16);1H. The molecule has 0 unspecified atom stereocenters. The number of thioether (sulfide) groups is 1. The van der Waals surface area contributed by atoms with Gasteiger partial charge < -0.3 is 11.1 Å². The van der Waals surface area contributed by atoms with Crippen molar-refractivity contribution in [2.45, 2.75) is 23.5 Å². The van der Waals surface area contributed by atoms with Crippen molar-refractivity contribution in [3.05, 3.63) is 28.7 Å². The van der Waals surface area contributed by atoms with E-state index in [1.807, 2.05) is 12.1 Å². The molecule has 1 aromatic carbocycles. The number of rotatable bonds is 5. The highest BCUT2D eigenvalue weighted by molar-refractivity contribution is 9.10. The van der Waals surface area contributed by atoms with Crippen LogP contribution in [0.25, 0.3) is 0 Å². The van der Waals surface area contributed by atoms with Crippen molar-refractivity contribution in [3.63, 3.8) is 0 Å². The van der Waals surface area contributed by atoms with Crippen molar-refractivity contribution in [2.75, 3.05) is 13.1 Å². The predicted octanol–water partition coefficient (Wildman–Crippen LogP) is 2.82. The van der Waals surface area contributed by atoms with E-state index in [1.54, 1.807) is 11.8 Å². The van der Waals surface area contributed by atoms with Gasteiger partial charge in [0.15, 0.2) is 0 Å². The van der Waals surface area contributed by atoms with Gasteiger partial charge >= 0.3 is 0 Å². The van der Waals surface area contributed by atoms with Gasteiger partial charge in [0.25, 0.3) is 0 Å². The molecular formula is C12H18BrClN2OS. The first kappa shape index (κ1) is 17.8. The van der Waals surface area contributed by atoms with Crippen molar-refractivity contribution in [3.8, 4) is 0 Å². The minimum absolute atomic E-state index is 0. The molecule has 3 nitrogen and oxygen atoms in total. The van der Waals surface area contributed by atoms with Crippen LogP contribution in [0.15, 0.2) is 33.6 Å². The Balaban J connectivity index is 0.00000289. The Hall–Kier alpha value is -0.230. The van der Waals surface area contributed by atoms with Gasteiger partial charge in [0.1, 0.15) is 0 Å². The van der Waals surface area contributed by atoms with Gasteiger partial charge in [-0.1, -0.05) is 15.9 Å². The van der Waals surface area contributed by atoms with Crippen molar-refractivity contribution in [1.29, 1.82) is 0 Å². The molecule has 0 radical (unpaired) electrons. The van der Waals surface area contributed by atoms with Crippen LogP contribution in [0.1, 0.15) is 13.8 Å². The molecule has 0 aliphatic heterocycles. The van der Waals surface area contributed by atoms with Gasteiger partial charge in [0, 0.05) is 20.7 Å². The van der Waals surface area contributed by atoms with Crippen molar-refractivity contribution in [2.24, 2.45) is 5.73 Å². The van der Waals surface area contributed by atoms with Crippen LogP contribution >= 0.6 is 40.1 Å². The quantitative estimate of drug-likeness (QED) is 0.800. The fourth-order valence-corrected chi connectivity index (χ4v) is 2.56. The summed E-state index contributed by atoms with van der Waals surface area (Å²) in [6.45, 7) is 4.83. The van der Waals surface area contributed by atoms with E-state index < -0.39 is 0 Å². The zero-order valence-corrected chi connectivity index (χ0v) is 13.6. The van der Waals surface area contributed by atoms with Crippen LogP contribution in [0.4, 0.5) is 0 Å². The second-order valence-corrected chi connectivity index (χ2v) is 6.99. The first-order chi connectivity index (χ1) is 7.93. The van der Waals surface area contributed by atoms with Crippen LogP contribution in [0.2, 0.25) is 0 Å². The number of hydrogen-bond acceptors (Lipinski definition) is 3. The number of halogens is 2. The molecule has 0 atom stereocenters. The van der Waals surface area contributed by atoms with Gasteiger partial charge in [0.2, 0.25) is 5.91 Å². The van der Waals surface area contributed by atoms with Gasteiger partial charge in [-0.25, -0.2) is 0 Å². The summed E-state index contributed by atoms with van der Waals surface area (Å²) in [6.07, 6.45) is 0. The summed E-state index contributed by atoms with van der Waals surface area (Å²) in [5, 5.41) is 2.81. The molecule has 1 rings (SSSR count). The van der Waals surface area contributed by atoms with E-state index >= 15 is 0 Å². The number of carbonyl (C=O) groups is 1. The Kier molecular flexibility index (Phi) is 7.94. The van der Waals surface area contributed by atoms with Crippen molar-refractivity contribution in [1.82, 2.24) is 5.32 Å². The highest BCUT2D eigenvalue weighted by Gasteiger charge is 2.20. The Morgan fingerprint density at radius 1 is 1.39 bits per heavy atom. The summed E-state index contributed by atoms with van der Waals surface area (Å²) >= 11 is 5.13. The summed E-state index contributed by atoms with van der Waals surface area (Å²) in [6, 6.07) is 8.14. The molecule has 102 valence electrons. The second-order valence-electron chi connectivity index (χ2n) is 4.30. The topological polar surface area (TPSA) is 55.1 Å². The molecule has 0 heterocycles. The molecule has 0 aliphatic carbocycles. The third-order valence-electron chi connectivity index (χ3n) is 2.10. The average molecular weight is 354 g/mol. The van der Waals surface area contributed by atoms with Gasteiger partial charge in [-0.2, -0.15) is 0 Å². The predicted molar refractivity (Wildman–Crippen MR) is 83.4 cm³/mol. The van der Waals surface area contributed by atoms with Crippen LogP contribution < -0.4 is 11.1 Å². The van der Waals surface area contributed by atoms with E-state index in [0.717, 1.165) is 4.47 Å². The van der Waals surface area contributed by atoms with E-state index in [0.29, 0.717) is 6.54 Å². The number of nitrogens with two attached hydrogens (primary N) is 1. The van der Waals surface area contributed by atoms with Crippen LogP contribution in [0.5, 0.6) is 0 Å². The molecule has 0 spiro atoms. The van der Waals surface area contributed by atoms with Crippen LogP contribution in [0.3, 0.4) is 0 Å². The number of nitrogens with one attached hydrogen (secondary N) is 1. The molecule has 1 aromatic rings. The molecule has 0 bridgehead atoms.